The zero-order chi connectivity index (χ0) is 27.1. The predicted molar refractivity (Wildman–Crippen MR) is 165 cm³/mol. The molecule has 1 unspecified atom stereocenters. The molecular formula is C38H37Zr. The molecule has 1 atom stereocenters. The normalized spacial score (nSPS) is 15.1. The van der Waals surface area contributed by atoms with Crippen molar-refractivity contribution in [2.75, 3.05) is 0 Å². The Balaban J connectivity index is 1.74. The molecule has 0 spiro atoms. The first kappa shape index (κ1) is 26.3. The fourth-order valence-electron chi connectivity index (χ4n) is 6.80. The first-order valence-corrected chi connectivity index (χ1v) is 17.1. The Hall–Kier alpha value is -2.89. The van der Waals surface area contributed by atoms with Gasteiger partial charge in [0.1, 0.15) is 0 Å². The molecule has 193 valence electrons. The van der Waals surface area contributed by atoms with Crippen LogP contribution in [0.25, 0.3) is 16.7 Å². The third-order valence-electron chi connectivity index (χ3n) is 8.77. The Kier molecular flexibility index (Phi) is 7.39. The Bertz CT molecular complexity index is 1610. The Morgan fingerprint density at radius 2 is 1.44 bits per heavy atom. The number of aryl methyl sites for hydroxylation is 2. The molecule has 0 heterocycles. The predicted octanol–water partition coefficient (Wildman–Crippen LogP) is 9.50. The third-order valence-corrected chi connectivity index (χ3v) is 13.1. The van der Waals surface area contributed by atoms with Crippen molar-refractivity contribution in [2.24, 2.45) is 0 Å². The first-order chi connectivity index (χ1) is 19.0. The van der Waals surface area contributed by atoms with Gasteiger partial charge in [0.15, 0.2) is 0 Å². The monoisotopic (exact) mass is 583 g/mol. The molecule has 2 aliphatic rings. The molecule has 1 heteroatoms. The summed E-state index contributed by atoms with van der Waals surface area (Å²) < 4.78 is 2.09. The molecule has 0 bridgehead atoms. The number of rotatable bonds is 6. The first-order valence-electron chi connectivity index (χ1n) is 14.4. The molecule has 4 aromatic rings. The van der Waals surface area contributed by atoms with Crippen LogP contribution < -0.4 is 0 Å². The Labute approximate surface area is 245 Å². The van der Waals surface area contributed by atoms with Crippen LogP contribution in [-0.2, 0) is 35.6 Å². The molecule has 0 N–H and O–H groups in total. The van der Waals surface area contributed by atoms with Gasteiger partial charge < -0.3 is 0 Å². The molecule has 0 amide bonds. The van der Waals surface area contributed by atoms with Gasteiger partial charge in [-0.05, 0) is 0 Å². The maximum absolute atomic E-state index is 2.58. The summed E-state index contributed by atoms with van der Waals surface area (Å²) in [7, 11) is 0. The quantitative estimate of drug-likeness (QED) is 0.212. The molecule has 0 saturated carbocycles. The number of hydrogen-bond donors (Lipinski definition) is 0. The van der Waals surface area contributed by atoms with E-state index in [9.17, 15) is 0 Å². The second-order valence-corrected chi connectivity index (χ2v) is 14.3. The molecule has 2 aliphatic carbocycles. The van der Waals surface area contributed by atoms with E-state index in [1.54, 1.807) is 31.0 Å². The molecule has 39 heavy (non-hydrogen) atoms. The van der Waals surface area contributed by atoms with Crippen molar-refractivity contribution >= 4 is 8.78 Å². The van der Waals surface area contributed by atoms with E-state index in [-0.39, 0.29) is 0 Å². The second kappa shape index (κ2) is 10.9. The van der Waals surface area contributed by atoms with Gasteiger partial charge in [0.05, 0.1) is 0 Å². The molecule has 4 aromatic carbocycles. The van der Waals surface area contributed by atoms with E-state index >= 15 is 0 Å². The molecule has 0 nitrogen and oxygen atoms in total. The van der Waals surface area contributed by atoms with Crippen molar-refractivity contribution in [1.29, 1.82) is 0 Å². The third kappa shape index (κ3) is 4.54. The van der Waals surface area contributed by atoms with Crippen molar-refractivity contribution < 1.29 is 22.8 Å². The summed E-state index contributed by atoms with van der Waals surface area (Å²) in [4.78, 5) is 0. The van der Waals surface area contributed by atoms with E-state index in [2.05, 4.69) is 126 Å². The summed E-state index contributed by atoms with van der Waals surface area (Å²) in [6.07, 6.45) is 10.2. The van der Waals surface area contributed by atoms with E-state index < -0.39 is 22.8 Å². The van der Waals surface area contributed by atoms with Gasteiger partial charge in [-0.2, -0.15) is 0 Å². The minimum absolute atomic E-state index is 0.486. The van der Waals surface area contributed by atoms with Crippen LogP contribution in [-0.4, -0.2) is 3.21 Å². The van der Waals surface area contributed by atoms with Gasteiger partial charge in [-0.25, -0.2) is 0 Å². The fraction of sp³-hybridized carbons (Fsp3) is 0.237. The van der Waals surface area contributed by atoms with Crippen LogP contribution in [0.3, 0.4) is 0 Å². The molecule has 6 rings (SSSR count). The molecule has 0 radical (unpaired) electrons. The zero-order valence-electron chi connectivity index (χ0n) is 23.9. The fourth-order valence-corrected chi connectivity index (χ4v) is 11.2. The van der Waals surface area contributed by atoms with Crippen LogP contribution in [0.4, 0.5) is 0 Å². The SMILES string of the molecule is CCc1cc(C)c2c(c1)[CH]([Zr]=[C](c1ccccc1)c1ccccc1)c1c(C3=CC=CC3)c(CC)c(C)c(C)c1-2. The van der Waals surface area contributed by atoms with E-state index in [4.69, 9.17) is 0 Å². The summed E-state index contributed by atoms with van der Waals surface area (Å²) in [6.45, 7) is 11.8. The van der Waals surface area contributed by atoms with Crippen molar-refractivity contribution in [2.45, 2.75) is 57.5 Å². The van der Waals surface area contributed by atoms with E-state index in [0.29, 0.717) is 3.63 Å². The standard InChI is InChI=1S/C25H27.C13H10.Zr/c1-6-18-12-15(3)23-20(13-18)14-22-24(23)17(5)16(4)21(7-2)25(22)19-10-8-9-11-19;1-3-7-12(8-4-1)11-13-9-5-2-6-10-13;/h8-10,12-14H,6-7,11H2,1-5H3;1-10H;. The number of fused-ring (bicyclic) bond motifs is 3. The molecule has 0 saturated heterocycles. The van der Waals surface area contributed by atoms with Gasteiger partial charge in [0, 0.05) is 0 Å². The van der Waals surface area contributed by atoms with Crippen LogP contribution in [0.1, 0.15) is 79.5 Å². The van der Waals surface area contributed by atoms with Crippen LogP contribution >= 0.6 is 0 Å². The van der Waals surface area contributed by atoms with Gasteiger partial charge in [0.2, 0.25) is 0 Å². The molecular weight excluding hydrogens is 548 g/mol. The van der Waals surface area contributed by atoms with E-state index in [0.717, 1.165) is 19.3 Å². The van der Waals surface area contributed by atoms with Gasteiger partial charge >= 0.3 is 247 Å². The Morgan fingerprint density at radius 3 is 2.00 bits per heavy atom. The molecule has 0 fully saturated rings. The van der Waals surface area contributed by atoms with Gasteiger partial charge in [-0.15, -0.1) is 0 Å². The van der Waals surface area contributed by atoms with Crippen LogP contribution in [0.15, 0.2) is 91.0 Å². The minimum atomic E-state index is -1.18. The van der Waals surface area contributed by atoms with Crippen LogP contribution in [0, 0.1) is 20.8 Å². The Morgan fingerprint density at radius 1 is 0.769 bits per heavy atom. The number of allylic oxidation sites excluding steroid dienone is 4. The summed E-state index contributed by atoms with van der Waals surface area (Å²) >= 11 is -1.18. The van der Waals surface area contributed by atoms with Gasteiger partial charge in [-0.3, -0.25) is 0 Å². The summed E-state index contributed by atoms with van der Waals surface area (Å²) in [6, 6.07) is 27.5. The van der Waals surface area contributed by atoms with Crippen molar-refractivity contribution in [3.8, 4) is 11.1 Å². The summed E-state index contributed by atoms with van der Waals surface area (Å²) in [5.41, 5.74) is 19.7. The second-order valence-electron chi connectivity index (χ2n) is 11.0. The average molecular weight is 585 g/mol. The van der Waals surface area contributed by atoms with E-state index in [1.807, 2.05) is 0 Å². The summed E-state index contributed by atoms with van der Waals surface area (Å²) in [5.74, 6) is 0. The molecule has 0 aromatic heterocycles. The van der Waals surface area contributed by atoms with Gasteiger partial charge in [-0.1, -0.05) is 0 Å². The van der Waals surface area contributed by atoms with Crippen LogP contribution in [0.2, 0.25) is 0 Å². The van der Waals surface area contributed by atoms with Crippen molar-refractivity contribution in [3.05, 3.63) is 147 Å². The molecule has 0 aliphatic heterocycles. The van der Waals surface area contributed by atoms with Gasteiger partial charge in [0.25, 0.3) is 0 Å². The maximum atomic E-state index is 2.58. The van der Waals surface area contributed by atoms with Crippen LogP contribution in [0.5, 0.6) is 0 Å². The average Bonchev–Trinajstić information content (AvgIpc) is 3.61. The van der Waals surface area contributed by atoms with Crippen molar-refractivity contribution in [1.82, 2.24) is 0 Å². The van der Waals surface area contributed by atoms with Crippen molar-refractivity contribution in [3.63, 3.8) is 0 Å². The topological polar surface area (TPSA) is 0 Å². The number of benzene rings is 4. The van der Waals surface area contributed by atoms with E-state index in [1.165, 1.54) is 44.5 Å². The number of hydrogen-bond acceptors (Lipinski definition) is 0. The summed E-state index contributed by atoms with van der Waals surface area (Å²) in [5, 5.41) is 0. The zero-order valence-corrected chi connectivity index (χ0v) is 26.3.